The average Bonchev–Trinajstić information content (AvgIpc) is 2.74. The number of aromatic nitrogens is 1. The van der Waals surface area contributed by atoms with E-state index in [2.05, 4.69) is 10.5 Å². The Hall–Kier alpha value is -1.78. The van der Waals surface area contributed by atoms with Crippen LogP contribution in [0.4, 0.5) is 0 Å². The molecule has 1 aromatic carbocycles. The molecule has 2 aromatic rings. The van der Waals surface area contributed by atoms with E-state index in [-0.39, 0.29) is 12.5 Å². The van der Waals surface area contributed by atoms with Gasteiger partial charge in [0, 0.05) is 16.8 Å². The number of halogens is 2. The quantitative estimate of drug-likeness (QED) is 0.863. The van der Waals surface area contributed by atoms with E-state index < -0.39 is 0 Å². The van der Waals surface area contributed by atoms with Crippen LogP contribution in [0.3, 0.4) is 0 Å². The lowest BCUT2D eigenvalue weighted by atomic mass is 10.1. The molecule has 1 aliphatic heterocycles. The summed E-state index contributed by atoms with van der Waals surface area (Å²) in [6.07, 6.45) is 1.83. The lowest BCUT2D eigenvalue weighted by Gasteiger charge is -2.08. The number of hydrogen-bond acceptors (Lipinski definition) is 2. The van der Waals surface area contributed by atoms with Crippen LogP contribution >= 0.6 is 23.2 Å². The SMILES string of the molecule is O=C1Cn2cccc2C(c2ccc(Cl)cc2Cl)=NN1. The molecule has 0 unspecified atom stereocenters. The molecule has 0 saturated heterocycles. The van der Waals surface area contributed by atoms with E-state index in [0.29, 0.717) is 15.8 Å². The lowest BCUT2D eigenvalue weighted by molar-refractivity contribution is -0.121. The Balaban J connectivity index is 2.17. The third-order valence-corrected chi connectivity index (χ3v) is 3.41. The minimum Gasteiger partial charge on any atom is -0.337 e. The topological polar surface area (TPSA) is 46.4 Å². The molecule has 0 saturated carbocycles. The Morgan fingerprint density at radius 2 is 2.11 bits per heavy atom. The molecular weight excluding hydrogens is 285 g/mol. The molecule has 4 nitrogen and oxygen atoms in total. The second-order valence-electron chi connectivity index (χ2n) is 4.14. The van der Waals surface area contributed by atoms with Crippen molar-refractivity contribution in [2.75, 3.05) is 0 Å². The normalized spacial score (nSPS) is 14.4. The maximum atomic E-state index is 11.6. The van der Waals surface area contributed by atoms with Crippen LogP contribution in [0.1, 0.15) is 11.3 Å². The molecule has 1 aliphatic rings. The molecule has 1 N–H and O–H groups in total. The molecule has 96 valence electrons. The summed E-state index contributed by atoms with van der Waals surface area (Å²) in [5.41, 5.74) is 4.69. The van der Waals surface area contributed by atoms with E-state index in [9.17, 15) is 4.79 Å². The van der Waals surface area contributed by atoms with Crippen molar-refractivity contribution < 1.29 is 4.79 Å². The summed E-state index contributed by atoms with van der Waals surface area (Å²) < 4.78 is 1.83. The molecule has 1 amide bonds. The first kappa shape index (κ1) is 12.3. The summed E-state index contributed by atoms with van der Waals surface area (Å²) in [6, 6.07) is 8.95. The summed E-state index contributed by atoms with van der Waals surface area (Å²) in [6.45, 7) is 0.237. The zero-order valence-electron chi connectivity index (χ0n) is 9.73. The minimum atomic E-state index is -0.169. The van der Waals surface area contributed by atoms with Crippen molar-refractivity contribution in [3.63, 3.8) is 0 Å². The predicted molar refractivity (Wildman–Crippen MR) is 74.7 cm³/mol. The number of nitrogens with zero attached hydrogens (tertiary/aromatic N) is 2. The van der Waals surface area contributed by atoms with E-state index in [0.717, 1.165) is 11.3 Å². The van der Waals surface area contributed by atoms with Gasteiger partial charge in [0.1, 0.15) is 12.3 Å². The molecule has 0 radical (unpaired) electrons. The molecule has 0 spiro atoms. The van der Waals surface area contributed by atoms with Gasteiger partial charge in [0.2, 0.25) is 0 Å². The third kappa shape index (κ3) is 2.25. The first-order chi connectivity index (χ1) is 9.15. The van der Waals surface area contributed by atoms with Gasteiger partial charge >= 0.3 is 0 Å². The summed E-state index contributed by atoms with van der Waals surface area (Å²) in [5, 5.41) is 5.20. The first-order valence-corrected chi connectivity index (χ1v) is 6.38. The number of nitrogens with one attached hydrogen (secondary N) is 1. The van der Waals surface area contributed by atoms with Gasteiger partial charge < -0.3 is 4.57 Å². The number of hydrazone groups is 1. The summed E-state index contributed by atoms with van der Waals surface area (Å²) in [7, 11) is 0. The Morgan fingerprint density at radius 1 is 1.26 bits per heavy atom. The molecule has 19 heavy (non-hydrogen) atoms. The van der Waals surface area contributed by atoms with Crippen LogP contribution in [0.5, 0.6) is 0 Å². The maximum absolute atomic E-state index is 11.6. The number of carbonyl (C=O) groups excluding carboxylic acids is 1. The second kappa shape index (κ2) is 4.72. The zero-order chi connectivity index (χ0) is 13.4. The smallest absolute Gasteiger partial charge is 0.260 e. The van der Waals surface area contributed by atoms with Gasteiger partial charge in [0.05, 0.1) is 10.7 Å². The van der Waals surface area contributed by atoms with Crippen molar-refractivity contribution in [2.45, 2.75) is 6.54 Å². The minimum absolute atomic E-state index is 0.169. The maximum Gasteiger partial charge on any atom is 0.260 e. The molecule has 0 aliphatic carbocycles. The van der Waals surface area contributed by atoms with Crippen molar-refractivity contribution >= 4 is 34.8 Å². The highest BCUT2D eigenvalue weighted by Gasteiger charge is 2.19. The van der Waals surface area contributed by atoms with Crippen LogP contribution in [0.2, 0.25) is 10.0 Å². The lowest BCUT2D eigenvalue weighted by Crippen LogP contribution is -2.20. The van der Waals surface area contributed by atoms with Gasteiger partial charge in [-0.2, -0.15) is 5.10 Å². The Kier molecular flexibility index (Phi) is 3.05. The van der Waals surface area contributed by atoms with Gasteiger partial charge in [-0.25, -0.2) is 5.43 Å². The van der Waals surface area contributed by atoms with Crippen LogP contribution in [-0.2, 0) is 11.3 Å². The van der Waals surface area contributed by atoms with Crippen molar-refractivity contribution in [3.05, 3.63) is 57.8 Å². The van der Waals surface area contributed by atoms with Crippen LogP contribution in [0.15, 0.2) is 41.6 Å². The van der Waals surface area contributed by atoms with Crippen LogP contribution in [0.25, 0.3) is 0 Å². The van der Waals surface area contributed by atoms with Gasteiger partial charge in [0.25, 0.3) is 5.91 Å². The molecule has 3 rings (SSSR count). The van der Waals surface area contributed by atoms with Crippen LogP contribution in [0, 0.1) is 0 Å². The Bertz CT molecular complexity index is 691. The van der Waals surface area contributed by atoms with Gasteiger partial charge in [-0.05, 0) is 30.3 Å². The van der Waals surface area contributed by atoms with E-state index in [1.807, 2.05) is 22.9 Å². The number of amides is 1. The standard InChI is InChI=1S/C13H9Cl2N3O/c14-8-3-4-9(10(15)6-8)13-11-2-1-5-18(11)7-12(19)16-17-13/h1-6H,7H2,(H,16,19). The molecule has 0 atom stereocenters. The van der Waals surface area contributed by atoms with Gasteiger partial charge in [-0.15, -0.1) is 0 Å². The van der Waals surface area contributed by atoms with E-state index >= 15 is 0 Å². The van der Waals surface area contributed by atoms with Crippen molar-refractivity contribution in [3.8, 4) is 0 Å². The fraction of sp³-hybridized carbons (Fsp3) is 0.0769. The fourth-order valence-electron chi connectivity index (χ4n) is 2.01. The molecular formula is C13H9Cl2N3O. The van der Waals surface area contributed by atoms with Crippen molar-refractivity contribution in [1.29, 1.82) is 0 Å². The highest BCUT2D eigenvalue weighted by Crippen LogP contribution is 2.24. The Labute approximate surface area is 119 Å². The summed E-state index contributed by atoms with van der Waals surface area (Å²) in [5.74, 6) is -0.169. The van der Waals surface area contributed by atoms with E-state index in [1.54, 1.807) is 18.2 Å². The molecule has 0 bridgehead atoms. The highest BCUT2D eigenvalue weighted by molar-refractivity contribution is 6.37. The fourth-order valence-corrected chi connectivity index (χ4v) is 2.51. The average molecular weight is 294 g/mol. The second-order valence-corrected chi connectivity index (χ2v) is 4.98. The number of hydrogen-bond donors (Lipinski definition) is 1. The van der Waals surface area contributed by atoms with Gasteiger partial charge in [-0.1, -0.05) is 23.2 Å². The highest BCUT2D eigenvalue weighted by atomic mass is 35.5. The molecule has 6 heteroatoms. The third-order valence-electron chi connectivity index (χ3n) is 2.86. The van der Waals surface area contributed by atoms with E-state index in [1.165, 1.54) is 0 Å². The molecule has 1 aromatic heterocycles. The number of carbonyl (C=O) groups is 1. The predicted octanol–water partition coefficient (Wildman–Crippen LogP) is 2.68. The van der Waals surface area contributed by atoms with Crippen molar-refractivity contribution in [1.82, 2.24) is 9.99 Å². The zero-order valence-corrected chi connectivity index (χ0v) is 11.2. The van der Waals surface area contributed by atoms with E-state index in [4.69, 9.17) is 23.2 Å². The number of benzene rings is 1. The van der Waals surface area contributed by atoms with Gasteiger partial charge in [0.15, 0.2) is 0 Å². The van der Waals surface area contributed by atoms with Crippen molar-refractivity contribution in [2.24, 2.45) is 5.10 Å². The number of fused-ring (bicyclic) bond motifs is 1. The first-order valence-electron chi connectivity index (χ1n) is 5.62. The molecule has 0 fully saturated rings. The van der Waals surface area contributed by atoms with Crippen LogP contribution in [-0.4, -0.2) is 16.2 Å². The summed E-state index contributed by atoms with van der Waals surface area (Å²) in [4.78, 5) is 11.6. The molecule has 2 heterocycles. The number of rotatable bonds is 1. The summed E-state index contributed by atoms with van der Waals surface area (Å²) >= 11 is 12.1. The Morgan fingerprint density at radius 3 is 2.89 bits per heavy atom. The van der Waals surface area contributed by atoms with Crippen LogP contribution < -0.4 is 5.43 Å². The largest absolute Gasteiger partial charge is 0.337 e. The monoisotopic (exact) mass is 293 g/mol. The van der Waals surface area contributed by atoms with Gasteiger partial charge in [-0.3, -0.25) is 4.79 Å².